The summed E-state index contributed by atoms with van der Waals surface area (Å²) in [6.07, 6.45) is 0. The van der Waals surface area contributed by atoms with Gasteiger partial charge in [-0.3, -0.25) is 10.1 Å². The van der Waals surface area contributed by atoms with E-state index in [1.807, 2.05) is 25.1 Å². The number of hydrogen-bond donors (Lipinski definition) is 0. The number of halogens is 2. The van der Waals surface area contributed by atoms with Crippen molar-refractivity contribution in [3.63, 3.8) is 0 Å². The zero-order valence-corrected chi connectivity index (χ0v) is 12.7. The minimum absolute atomic E-state index is 0.0809. The van der Waals surface area contributed by atoms with Crippen LogP contribution in [-0.4, -0.2) is 4.92 Å². The van der Waals surface area contributed by atoms with Gasteiger partial charge in [-0.05, 0) is 57.7 Å². The molecule has 0 atom stereocenters. The predicted octanol–water partition coefficient (Wildman–Crippen LogP) is 5.10. The van der Waals surface area contributed by atoms with Crippen LogP contribution in [0.5, 0.6) is 0 Å². The molecule has 2 aromatic carbocycles. The Morgan fingerprint density at radius 3 is 2.39 bits per heavy atom. The number of aryl methyl sites for hydroxylation is 1. The Morgan fingerprint density at radius 1 is 1.11 bits per heavy atom. The van der Waals surface area contributed by atoms with Gasteiger partial charge in [0.05, 0.1) is 4.92 Å². The van der Waals surface area contributed by atoms with Gasteiger partial charge in [0.2, 0.25) is 0 Å². The topological polar surface area (TPSA) is 43.1 Å². The zero-order valence-electron chi connectivity index (χ0n) is 9.48. The summed E-state index contributed by atoms with van der Waals surface area (Å²) in [5, 5.41) is 10.7. The summed E-state index contributed by atoms with van der Waals surface area (Å²) >= 11 is 6.83. The van der Waals surface area contributed by atoms with Gasteiger partial charge in [0.1, 0.15) is 0 Å². The fourth-order valence-electron chi connectivity index (χ4n) is 1.74. The summed E-state index contributed by atoms with van der Waals surface area (Å²) in [4.78, 5) is 10.3. The minimum atomic E-state index is -0.402. The van der Waals surface area contributed by atoms with Crippen molar-refractivity contribution in [3.05, 3.63) is 61.0 Å². The van der Waals surface area contributed by atoms with Crippen molar-refractivity contribution in [1.29, 1.82) is 0 Å². The minimum Gasteiger partial charge on any atom is -0.258 e. The van der Waals surface area contributed by atoms with Gasteiger partial charge in [0, 0.05) is 21.1 Å². The van der Waals surface area contributed by atoms with Gasteiger partial charge in [0.25, 0.3) is 5.69 Å². The number of nitrogens with zero attached hydrogens (tertiary/aromatic N) is 1. The van der Waals surface area contributed by atoms with E-state index in [-0.39, 0.29) is 5.69 Å². The third-order valence-corrected chi connectivity index (χ3v) is 3.63. The second kappa shape index (κ2) is 5.20. The molecule has 0 N–H and O–H groups in total. The lowest BCUT2D eigenvalue weighted by Crippen LogP contribution is -1.89. The molecule has 0 radical (unpaired) electrons. The maximum atomic E-state index is 10.7. The fourth-order valence-corrected chi connectivity index (χ4v) is 2.95. The SMILES string of the molecule is Cc1cc(Br)cc(-c2ccc([N+](=O)[O-])cc2Br)c1. The third-order valence-electron chi connectivity index (χ3n) is 2.52. The van der Waals surface area contributed by atoms with E-state index in [4.69, 9.17) is 0 Å². The highest BCUT2D eigenvalue weighted by Crippen LogP contribution is 2.33. The van der Waals surface area contributed by atoms with Crippen LogP contribution in [0, 0.1) is 17.0 Å². The molecule has 0 bridgehead atoms. The van der Waals surface area contributed by atoms with Crippen LogP contribution in [0.25, 0.3) is 11.1 Å². The van der Waals surface area contributed by atoms with Crippen LogP contribution < -0.4 is 0 Å². The van der Waals surface area contributed by atoms with E-state index in [2.05, 4.69) is 31.9 Å². The van der Waals surface area contributed by atoms with Crippen molar-refractivity contribution < 1.29 is 4.92 Å². The van der Waals surface area contributed by atoms with Crippen molar-refractivity contribution in [3.8, 4) is 11.1 Å². The summed E-state index contributed by atoms with van der Waals surface area (Å²) < 4.78 is 1.71. The molecule has 18 heavy (non-hydrogen) atoms. The van der Waals surface area contributed by atoms with Gasteiger partial charge in [-0.15, -0.1) is 0 Å². The molecule has 0 saturated carbocycles. The smallest absolute Gasteiger partial charge is 0.258 e. The average molecular weight is 371 g/mol. The number of benzene rings is 2. The average Bonchev–Trinajstić information content (AvgIpc) is 2.27. The second-order valence-corrected chi connectivity index (χ2v) is 5.71. The summed E-state index contributed by atoms with van der Waals surface area (Å²) in [5.41, 5.74) is 3.16. The van der Waals surface area contributed by atoms with Crippen molar-refractivity contribution >= 4 is 37.5 Å². The lowest BCUT2D eigenvalue weighted by Gasteiger charge is -2.07. The largest absolute Gasteiger partial charge is 0.270 e. The molecule has 0 heterocycles. The molecule has 0 aliphatic rings. The van der Waals surface area contributed by atoms with E-state index in [0.29, 0.717) is 4.47 Å². The number of non-ortho nitro benzene ring substituents is 1. The van der Waals surface area contributed by atoms with Gasteiger partial charge in [-0.2, -0.15) is 0 Å². The summed E-state index contributed by atoms with van der Waals surface area (Å²) in [5.74, 6) is 0. The molecule has 0 saturated heterocycles. The quantitative estimate of drug-likeness (QED) is 0.545. The normalized spacial score (nSPS) is 10.4. The highest BCUT2D eigenvalue weighted by atomic mass is 79.9. The molecule has 0 unspecified atom stereocenters. The van der Waals surface area contributed by atoms with Crippen LogP contribution in [0.3, 0.4) is 0 Å². The summed E-state index contributed by atoms with van der Waals surface area (Å²) in [6.45, 7) is 2.01. The zero-order chi connectivity index (χ0) is 13.3. The molecule has 0 fully saturated rings. The maximum Gasteiger partial charge on any atom is 0.270 e. The fraction of sp³-hybridized carbons (Fsp3) is 0.0769. The van der Waals surface area contributed by atoms with Crippen LogP contribution in [0.4, 0.5) is 5.69 Å². The summed E-state index contributed by atoms with van der Waals surface area (Å²) in [7, 11) is 0. The highest BCUT2D eigenvalue weighted by Gasteiger charge is 2.10. The first-order valence-electron chi connectivity index (χ1n) is 5.19. The molecule has 2 rings (SSSR count). The van der Waals surface area contributed by atoms with E-state index < -0.39 is 4.92 Å². The van der Waals surface area contributed by atoms with Crippen molar-refractivity contribution in [2.75, 3.05) is 0 Å². The van der Waals surface area contributed by atoms with E-state index in [1.165, 1.54) is 12.1 Å². The molecule has 3 nitrogen and oxygen atoms in total. The van der Waals surface area contributed by atoms with Gasteiger partial charge >= 0.3 is 0 Å². The monoisotopic (exact) mass is 369 g/mol. The molecule has 0 amide bonds. The van der Waals surface area contributed by atoms with Crippen molar-refractivity contribution in [1.82, 2.24) is 0 Å². The first kappa shape index (κ1) is 13.2. The van der Waals surface area contributed by atoms with E-state index in [9.17, 15) is 10.1 Å². The number of nitro groups is 1. The summed E-state index contributed by atoms with van der Waals surface area (Å²) in [6, 6.07) is 10.8. The lowest BCUT2D eigenvalue weighted by molar-refractivity contribution is -0.384. The Morgan fingerprint density at radius 2 is 1.83 bits per heavy atom. The molecular weight excluding hydrogens is 362 g/mol. The molecule has 5 heteroatoms. The van der Waals surface area contributed by atoms with Gasteiger partial charge in [-0.25, -0.2) is 0 Å². The molecule has 0 aliphatic carbocycles. The molecule has 2 aromatic rings. The van der Waals surface area contributed by atoms with Crippen LogP contribution >= 0.6 is 31.9 Å². The Balaban J connectivity index is 2.54. The van der Waals surface area contributed by atoms with Crippen LogP contribution in [-0.2, 0) is 0 Å². The number of nitro benzene ring substituents is 1. The van der Waals surface area contributed by atoms with Gasteiger partial charge in [0.15, 0.2) is 0 Å². The Bertz CT molecular complexity index is 606. The molecular formula is C13H9Br2NO2. The third kappa shape index (κ3) is 2.79. The van der Waals surface area contributed by atoms with E-state index in [1.54, 1.807) is 6.07 Å². The Labute approximate surface area is 121 Å². The van der Waals surface area contributed by atoms with Crippen molar-refractivity contribution in [2.24, 2.45) is 0 Å². The first-order chi connectivity index (χ1) is 8.47. The van der Waals surface area contributed by atoms with Crippen LogP contribution in [0.15, 0.2) is 45.3 Å². The highest BCUT2D eigenvalue weighted by molar-refractivity contribution is 9.10. The van der Waals surface area contributed by atoms with Gasteiger partial charge in [-0.1, -0.05) is 22.0 Å². The van der Waals surface area contributed by atoms with Crippen LogP contribution in [0.2, 0.25) is 0 Å². The maximum absolute atomic E-state index is 10.7. The van der Waals surface area contributed by atoms with Crippen molar-refractivity contribution in [2.45, 2.75) is 6.92 Å². The molecule has 0 aromatic heterocycles. The van der Waals surface area contributed by atoms with Crippen LogP contribution in [0.1, 0.15) is 5.56 Å². The Hall–Kier alpha value is -1.20. The number of hydrogen-bond acceptors (Lipinski definition) is 2. The first-order valence-corrected chi connectivity index (χ1v) is 6.77. The van der Waals surface area contributed by atoms with Gasteiger partial charge < -0.3 is 0 Å². The van der Waals surface area contributed by atoms with E-state index in [0.717, 1.165) is 21.2 Å². The second-order valence-electron chi connectivity index (χ2n) is 3.94. The molecule has 0 spiro atoms. The Kier molecular flexibility index (Phi) is 3.82. The molecule has 0 aliphatic heterocycles. The standard InChI is InChI=1S/C13H9Br2NO2/c1-8-4-9(6-10(14)5-8)12-3-2-11(16(17)18)7-13(12)15/h2-7H,1H3. The number of rotatable bonds is 2. The lowest BCUT2D eigenvalue weighted by atomic mass is 10.0. The predicted molar refractivity (Wildman–Crippen MR) is 78.7 cm³/mol. The molecule has 92 valence electrons. The van der Waals surface area contributed by atoms with E-state index >= 15 is 0 Å².